The highest BCUT2D eigenvalue weighted by Crippen LogP contribution is 2.62. The number of esters is 2. The number of carbonyl (C=O) groups is 3. The highest BCUT2D eigenvalue weighted by molar-refractivity contribution is 6.09. The van der Waals surface area contributed by atoms with Gasteiger partial charge in [-0.2, -0.15) is 0 Å². The van der Waals surface area contributed by atoms with E-state index in [1.165, 1.54) is 21.1 Å². The number of hydrogen-bond donors (Lipinski definition) is 1. The number of hydrogen-bond acceptors (Lipinski definition) is 11. The Labute approximate surface area is 259 Å². The fourth-order valence-corrected chi connectivity index (χ4v) is 6.46. The molecule has 1 spiro atoms. The van der Waals surface area contributed by atoms with E-state index in [2.05, 4.69) is 0 Å². The fourth-order valence-electron chi connectivity index (χ4n) is 6.46. The number of ketones is 1. The van der Waals surface area contributed by atoms with Crippen LogP contribution in [0.3, 0.4) is 0 Å². The maximum Gasteiger partial charge on any atom is 0.338 e. The van der Waals surface area contributed by atoms with Gasteiger partial charge in [0.15, 0.2) is 23.4 Å². The van der Waals surface area contributed by atoms with Crippen LogP contribution in [0.1, 0.15) is 55.3 Å². The second-order valence-electron chi connectivity index (χ2n) is 11.6. The predicted octanol–water partition coefficient (Wildman–Crippen LogP) is 4.24. The molecule has 5 atom stereocenters. The van der Waals surface area contributed by atoms with Gasteiger partial charge >= 0.3 is 11.9 Å². The van der Waals surface area contributed by atoms with Crippen molar-refractivity contribution in [1.82, 2.24) is 0 Å². The van der Waals surface area contributed by atoms with E-state index < -0.39 is 46.9 Å². The van der Waals surface area contributed by atoms with Gasteiger partial charge < -0.3 is 38.3 Å². The Kier molecular flexibility index (Phi) is 7.39. The number of benzene rings is 2. The Morgan fingerprint density at radius 1 is 1.04 bits per heavy atom. The molecule has 45 heavy (non-hydrogen) atoms. The molecule has 2 heterocycles. The summed E-state index contributed by atoms with van der Waals surface area (Å²) in [5.74, 6) is -2.03. The number of Topliss-reactive ketones (excluding diaryl/α,β-unsaturated/α-hetero) is 1. The Bertz CT molecular complexity index is 1680. The zero-order chi connectivity index (χ0) is 32.3. The minimum atomic E-state index is -1.93. The Balaban J connectivity index is 1.67. The van der Waals surface area contributed by atoms with Gasteiger partial charge in [-0.25, -0.2) is 9.59 Å². The summed E-state index contributed by atoms with van der Waals surface area (Å²) < 4.78 is 41.2. The number of ether oxygens (including phenoxy) is 7. The van der Waals surface area contributed by atoms with E-state index in [-0.39, 0.29) is 53.1 Å². The minimum absolute atomic E-state index is 0.0822. The van der Waals surface area contributed by atoms with E-state index in [1.54, 1.807) is 69.3 Å². The summed E-state index contributed by atoms with van der Waals surface area (Å²) in [6.45, 7) is 6.08. The molecule has 0 radical (unpaired) electrons. The molecule has 0 aromatic heterocycles. The lowest BCUT2D eigenvalue weighted by atomic mass is 9.59. The SMILES string of the molecule is C/C=C(\C)C(=O)O[C@@H]1C2=CC(OC)=C(OC)C(=O)C23COc2c4c(cc(c23)[C@@H](OC(=O)c2ccccc2)[C@H](C)[C@]1(C)O)OCO4. The third-order valence-electron chi connectivity index (χ3n) is 9.25. The number of allylic oxidation sites excluding steroid dienone is 3. The molecule has 0 bridgehead atoms. The molecule has 2 aliphatic carbocycles. The Morgan fingerprint density at radius 3 is 2.44 bits per heavy atom. The summed E-state index contributed by atoms with van der Waals surface area (Å²) in [5, 5.41) is 12.5. The summed E-state index contributed by atoms with van der Waals surface area (Å²) >= 11 is 0. The van der Waals surface area contributed by atoms with Gasteiger partial charge in [-0.3, -0.25) is 4.79 Å². The summed E-state index contributed by atoms with van der Waals surface area (Å²) in [4.78, 5) is 41.7. The number of fused-ring (bicyclic) bond motifs is 2. The van der Waals surface area contributed by atoms with Crippen LogP contribution < -0.4 is 14.2 Å². The van der Waals surface area contributed by atoms with Crippen molar-refractivity contribution < 1.29 is 52.6 Å². The van der Waals surface area contributed by atoms with Gasteiger partial charge in [0.1, 0.15) is 23.7 Å². The molecule has 4 aliphatic rings. The second kappa shape index (κ2) is 11.0. The first-order valence-electron chi connectivity index (χ1n) is 14.5. The highest BCUT2D eigenvalue weighted by atomic mass is 16.7. The second-order valence-corrected chi connectivity index (χ2v) is 11.6. The van der Waals surface area contributed by atoms with Crippen LogP contribution in [0.4, 0.5) is 0 Å². The molecule has 2 aliphatic heterocycles. The summed E-state index contributed by atoms with van der Waals surface area (Å²) in [7, 11) is 2.73. The lowest BCUT2D eigenvalue weighted by Gasteiger charge is -2.48. The van der Waals surface area contributed by atoms with Crippen LogP contribution in [0.15, 0.2) is 71.2 Å². The molecule has 6 rings (SSSR count). The molecule has 2 aromatic carbocycles. The van der Waals surface area contributed by atoms with E-state index in [9.17, 15) is 19.5 Å². The van der Waals surface area contributed by atoms with Crippen LogP contribution in [0, 0.1) is 5.92 Å². The number of carbonyl (C=O) groups excluding carboxylic acids is 3. The molecule has 0 saturated heterocycles. The van der Waals surface area contributed by atoms with Gasteiger partial charge in [-0.1, -0.05) is 31.2 Å². The largest absolute Gasteiger partial charge is 0.493 e. The molecular formula is C34H34O11. The molecule has 11 heteroatoms. The predicted molar refractivity (Wildman–Crippen MR) is 158 cm³/mol. The molecule has 236 valence electrons. The van der Waals surface area contributed by atoms with E-state index in [0.717, 1.165) is 0 Å². The number of aliphatic hydroxyl groups is 1. The summed E-state index contributed by atoms with van der Waals surface area (Å²) in [5.41, 5.74) is -2.13. The Hall–Kier alpha value is -4.77. The highest BCUT2D eigenvalue weighted by Gasteiger charge is 2.64. The lowest BCUT2D eigenvalue weighted by Crippen LogP contribution is -2.59. The average molecular weight is 619 g/mol. The first-order chi connectivity index (χ1) is 21.5. The monoisotopic (exact) mass is 618 g/mol. The number of rotatable bonds is 6. The third-order valence-corrected chi connectivity index (χ3v) is 9.25. The van der Waals surface area contributed by atoms with Crippen molar-refractivity contribution in [2.45, 2.75) is 50.9 Å². The van der Waals surface area contributed by atoms with Gasteiger partial charge in [0.05, 0.1) is 19.8 Å². The summed E-state index contributed by atoms with van der Waals surface area (Å²) in [6, 6.07) is 10.1. The van der Waals surface area contributed by atoms with Crippen molar-refractivity contribution in [3.8, 4) is 17.2 Å². The van der Waals surface area contributed by atoms with Crippen LogP contribution in [0.2, 0.25) is 0 Å². The van der Waals surface area contributed by atoms with E-state index >= 15 is 0 Å². The van der Waals surface area contributed by atoms with Crippen molar-refractivity contribution in [2.75, 3.05) is 27.6 Å². The average Bonchev–Trinajstić information content (AvgIpc) is 3.68. The smallest absolute Gasteiger partial charge is 0.338 e. The molecule has 11 nitrogen and oxygen atoms in total. The zero-order valence-corrected chi connectivity index (χ0v) is 25.8. The van der Waals surface area contributed by atoms with Crippen molar-refractivity contribution in [3.05, 3.63) is 87.9 Å². The van der Waals surface area contributed by atoms with Crippen LogP contribution in [-0.2, 0) is 34.0 Å². The quantitative estimate of drug-likeness (QED) is 0.368. The van der Waals surface area contributed by atoms with Gasteiger partial charge in [-0.15, -0.1) is 0 Å². The normalized spacial score (nSPS) is 28.2. The van der Waals surface area contributed by atoms with Crippen molar-refractivity contribution in [2.24, 2.45) is 5.92 Å². The van der Waals surface area contributed by atoms with Gasteiger partial charge in [-0.05, 0) is 50.6 Å². The zero-order valence-electron chi connectivity index (χ0n) is 25.8. The first-order valence-corrected chi connectivity index (χ1v) is 14.5. The Morgan fingerprint density at radius 2 is 1.78 bits per heavy atom. The fraction of sp³-hybridized carbons (Fsp3) is 0.382. The van der Waals surface area contributed by atoms with Crippen LogP contribution >= 0.6 is 0 Å². The molecule has 0 saturated carbocycles. The molecule has 1 N–H and O–H groups in total. The molecule has 0 amide bonds. The van der Waals surface area contributed by atoms with E-state index in [1.807, 2.05) is 0 Å². The summed E-state index contributed by atoms with van der Waals surface area (Å²) in [6.07, 6.45) is 0.522. The van der Waals surface area contributed by atoms with Crippen LogP contribution in [-0.4, -0.2) is 62.2 Å². The van der Waals surface area contributed by atoms with Crippen molar-refractivity contribution in [1.29, 1.82) is 0 Å². The van der Waals surface area contributed by atoms with Gasteiger partial charge in [0.2, 0.25) is 24.1 Å². The topological polar surface area (TPSA) is 136 Å². The van der Waals surface area contributed by atoms with Crippen molar-refractivity contribution >= 4 is 17.7 Å². The third kappa shape index (κ3) is 4.40. The van der Waals surface area contributed by atoms with E-state index in [4.69, 9.17) is 33.2 Å². The van der Waals surface area contributed by atoms with Crippen molar-refractivity contribution in [3.63, 3.8) is 0 Å². The first kappa shape index (κ1) is 30.3. The van der Waals surface area contributed by atoms with Gasteiger partial charge in [0.25, 0.3) is 0 Å². The standard InChI is InChI=1S/C34H34O11/c1-7-17(2)31(36)45-30-21-14-22(39-5)27(40-6)29(35)34(21)15-41-28-24(34)20(13-23-26(28)43-16-42-23)25(18(3)33(30,4)38)44-32(37)19-11-9-8-10-12-19/h7-14,18,25,30,38H,15-16H2,1-6H3/b17-7+/t18-,25-,30+,33-,34?/m0/s1. The maximum absolute atomic E-state index is 14.7. The molecule has 1 unspecified atom stereocenters. The lowest BCUT2D eigenvalue weighted by molar-refractivity contribution is -0.169. The minimum Gasteiger partial charge on any atom is -0.493 e. The van der Waals surface area contributed by atoms with E-state index in [0.29, 0.717) is 16.9 Å². The molecule has 2 aromatic rings. The molecular weight excluding hydrogens is 584 g/mol. The maximum atomic E-state index is 14.7. The number of methoxy groups -OCH3 is 2. The van der Waals surface area contributed by atoms with Crippen LogP contribution in [0.25, 0.3) is 0 Å². The van der Waals surface area contributed by atoms with Crippen LogP contribution in [0.5, 0.6) is 17.2 Å². The van der Waals surface area contributed by atoms with Gasteiger partial charge in [0, 0.05) is 22.6 Å². The molecule has 0 fully saturated rings.